The van der Waals surface area contributed by atoms with Gasteiger partial charge in [-0.05, 0) is 19.4 Å². The summed E-state index contributed by atoms with van der Waals surface area (Å²) in [6, 6.07) is 9.02. The maximum Gasteiger partial charge on any atom is 0.305 e. The van der Waals surface area contributed by atoms with E-state index in [0.29, 0.717) is 6.61 Å². The molecule has 1 amide bonds. The van der Waals surface area contributed by atoms with Crippen LogP contribution in [0.4, 0.5) is 0 Å². The average Bonchev–Trinajstić information content (AvgIpc) is 3.17. The number of carbonyl (C=O) groups excluding carboxylic acids is 2. The van der Waals surface area contributed by atoms with Crippen molar-refractivity contribution in [2.45, 2.75) is 131 Å². The van der Waals surface area contributed by atoms with E-state index < -0.39 is 95.5 Å². The van der Waals surface area contributed by atoms with E-state index in [1.165, 1.54) is 13.8 Å². The number of nitrogens with one attached hydrogen (secondary N) is 2. The Morgan fingerprint density at radius 3 is 1.67 bits per heavy atom. The Bertz CT molecular complexity index is 1440. The van der Waals surface area contributed by atoms with E-state index in [4.69, 9.17) is 101 Å². The number of esters is 1. The summed E-state index contributed by atoms with van der Waals surface area (Å²) in [4.78, 5) is 23.9. The zero-order chi connectivity index (χ0) is 43.3. The van der Waals surface area contributed by atoms with Gasteiger partial charge in [0.25, 0.3) is 3.79 Å². The molecule has 3 aliphatic rings. The van der Waals surface area contributed by atoms with Gasteiger partial charge < -0.3 is 65.6 Å². The van der Waals surface area contributed by atoms with Gasteiger partial charge in [0.15, 0.2) is 12.4 Å². The molecule has 21 atom stereocenters. The summed E-state index contributed by atoms with van der Waals surface area (Å²) in [5.74, 6) is -1.78. The second kappa shape index (κ2) is 25.8. The van der Waals surface area contributed by atoms with E-state index in [1.807, 2.05) is 44.2 Å². The second-order valence-electron chi connectivity index (χ2n) is 13.3. The molecular weight excluding hydrogens is 945 g/mol. The first-order valence-corrected chi connectivity index (χ1v) is 21.6. The van der Waals surface area contributed by atoms with Gasteiger partial charge in [-0.25, -0.2) is 0 Å². The highest BCUT2D eigenvalue weighted by atomic mass is 35.6. The second-order valence-corrected chi connectivity index (χ2v) is 17.2. The summed E-state index contributed by atoms with van der Waals surface area (Å²) in [6.07, 6.45) is -8.26. The van der Waals surface area contributed by atoms with E-state index in [9.17, 15) is 9.59 Å². The lowest BCUT2D eigenvalue weighted by atomic mass is 9.88. The number of halogens is 3. The van der Waals surface area contributed by atoms with Gasteiger partial charge in [0.1, 0.15) is 36.6 Å². The van der Waals surface area contributed by atoms with Gasteiger partial charge in [-0.1, -0.05) is 72.1 Å². The van der Waals surface area contributed by atoms with Crippen LogP contribution in [0.25, 0.3) is 0 Å². The number of ether oxygens (including phenoxy) is 7. The third-order valence-corrected chi connectivity index (χ3v) is 11.7. The molecule has 17 nitrogen and oxygen atoms in total. The third-order valence-electron chi connectivity index (χ3n) is 9.28. The van der Waals surface area contributed by atoms with Crippen LogP contribution in [0, 0.1) is 11.3 Å². The van der Waals surface area contributed by atoms with E-state index in [1.54, 1.807) is 6.92 Å². The largest absolute Gasteiger partial charge is 0.445 e. The van der Waals surface area contributed by atoms with Gasteiger partial charge in [-0.3, -0.25) is 15.0 Å². The molecule has 0 bridgehead atoms. The van der Waals surface area contributed by atoms with Crippen molar-refractivity contribution >= 4 is 109 Å². The molecule has 0 aromatic heterocycles. The quantitative estimate of drug-likeness (QED) is 0.0793. The van der Waals surface area contributed by atoms with Crippen LogP contribution in [0.1, 0.15) is 40.2 Å². The number of alkyl halides is 3. The van der Waals surface area contributed by atoms with Crippen LogP contribution in [0.3, 0.4) is 0 Å². The minimum atomic E-state index is -1.98. The maximum atomic E-state index is 12.0. The lowest BCUT2D eigenvalue weighted by Crippen LogP contribution is -2.64. The highest BCUT2D eigenvalue weighted by Gasteiger charge is 2.52. The fraction of sp³-hybridized carbons (Fsp3) is 0.719. The Morgan fingerprint density at radius 1 is 0.707 bits per heavy atom. The zero-order valence-corrected chi connectivity index (χ0v) is 41.4. The summed E-state index contributed by atoms with van der Waals surface area (Å²) in [5, 5.41) is 10.4. The van der Waals surface area contributed by atoms with Crippen molar-refractivity contribution < 1.29 is 69.9 Å². The molecule has 3 aliphatic heterocycles. The van der Waals surface area contributed by atoms with Crippen LogP contribution in [-0.4, -0.2) is 114 Å². The van der Waals surface area contributed by atoms with Crippen molar-refractivity contribution in [1.82, 2.24) is 5.32 Å². The molecule has 0 radical (unpaired) electrons. The van der Waals surface area contributed by atoms with Crippen LogP contribution in [0.5, 0.6) is 0 Å². The molecule has 2 N–H and O–H groups in total. The van der Waals surface area contributed by atoms with Crippen LogP contribution in [0.15, 0.2) is 30.3 Å². The smallest absolute Gasteiger partial charge is 0.305 e. The molecule has 332 valence electrons. The van der Waals surface area contributed by atoms with E-state index in [-0.39, 0.29) is 24.5 Å². The molecule has 1 aromatic rings. The molecule has 3 saturated heterocycles. The highest BCUT2D eigenvalue weighted by Crippen LogP contribution is 2.37. The van der Waals surface area contributed by atoms with Crippen molar-refractivity contribution in [3.05, 3.63) is 35.9 Å². The first-order valence-electron chi connectivity index (χ1n) is 17.6. The Balaban J connectivity index is 0.000000379. The van der Waals surface area contributed by atoms with Gasteiger partial charge in [-0.15, -0.1) is 0 Å². The first kappa shape index (κ1) is 53.0. The number of carbonyl (C=O) groups is 2. The first-order chi connectivity index (χ1) is 27.4. The lowest BCUT2D eigenvalue weighted by molar-refractivity contribution is -0.327. The fourth-order valence-corrected chi connectivity index (χ4v) is 8.57. The Labute approximate surface area is 367 Å². The highest BCUT2D eigenvalue weighted by molar-refractivity contribution is 7.10. The number of rotatable bonds is 15. The molecule has 26 heteroatoms. The topological polar surface area (TPSA) is 190 Å². The predicted octanol–water partition coefficient (Wildman–Crippen LogP) is 4.91. The summed E-state index contributed by atoms with van der Waals surface area (Å²) in [7, 11) is 13.0. The van der Waals surface area contributed by atoms with E-state index in [0.717, 1.165) is 5.56 Å². The van der Waals surface area contributed by atoms with E-state index >= 15 is 0 Å². The molecule has 3 heterocycles. The normalized spacial score (nSPS) is 35.2. The van der Waals surface area contributed by atoms with Crippen LogP contribution >= 0.6 is 91.6 Å². The van der Waals surface area contributed by atoms with Crippen LogP contribution in [0.2, 0.25) is 0 Å². The molecule has 0 spiro atoms. The van der Waals surface area contributed by atoms with Crippen molar-refractivity contribution in [3.8, 4) is 0 Å². The summed E-state index contributed by atoms with van der Waals surface area (Å²) < 4.78 is 71.6. The molecular formula is C32H53Cl3N2O15P6. The molecule has 3 fully saturated rings. The van der Waals surface area contributed by atoms with Gasteiger partial charge in [0, 0.05) is 76.6 Å². The maximum absolute atomic E-state index is 12.0. The average molecular weight is 998 g/mol. The predicted molar refractivity (Wildman–Crippen MR) is 233 cm³/mol. The zero-order valence-electron chi connectivity index (χ0n) is 32.2. The molecule has 21 unspecified atom stereocenters. The number of hydrogen-bond acceptors (Lipinski definition) is 16. The monoisotopic (exact) mass is 996 g/mol. The van der Waals surface area contributed by atoms with Crippen LogP contribution in [-0.2, 0) is 76.5 Å². The minimum absolute atomic E-state index is 0.129. The molecule has 0 saturated carbocycles. The minimum Gasteiger partial charge on any atom is -0.445 e. The van der Waals surface area contributed by atoms with Crippen LogP contribution < -0.4 is 5.32 Å². The number of amides is 1. The van der Waals surface area contributed by atoms with Crippen molar-refractivity contribution in [2.24, 2.45) is 5.92 Å². The van der Waals surface area contributed by atoms with Gasteiger partial charge in [-0.2, -0.15) is 0 Å². The molecule has 4 rings (SSSR count). The van der Waals surface area contributed by atoms with Gasteiger partial charge in [0.2, 0.25) is 24.4 Å². The summed E-state index contributed by atoms with van der Waals surface area (Å²) >= 11 is 16.7. The van der Waals surface area contributed by atoms with Crippen molar-refractivity contribution in [2.75, 3.05) is 6.61 Å². The summed E-state index contributed by atoms with van der Waals surface area (Å²) in [5.41, 5.74) is 0.992. The number of benzene rings is 1. The van der Waals surface area contributed by atoms with E-state index in [2.05, 4.69) is 62.1 Å². The lowest BCUT2D eigenvalue weighted by Gasteiger charge is -2.49. The SMILES string of the molecule is CC(=O)NC1C(OC(C)=O)OC(COCc2ccccc2)C(OC2OC(C)C(OP)C(OP)C2OP)C1C.CC1OC(OC(=N)C(Cl)(Cl)Cl)C(OP)C(OP)C1OP. The fourth-order valence-electron chi connectivity index (χ4n) is 6.50. The van der Waals surface area contributed by atoms with Crippen molar-refractivity contribution in [3.63, 3.8) is 0 Å². The molecule has 1 aromatic carbocycles. The molecule has 0 aliphatic carbocycles. The Kier molecular flexibility index (Phi) is 23.6. The standard InChI is InChI=1S/C24H38NO10P3.C8H15Cl3NO5P3/c1-12-18(25-14(3)26)23(30-15(4)27)31-17(11-28-10-16-8-6-5-7-9-16)19(12)32-24-22(35-38)21(34-37)20(33-36)13(2)29-24;1-2-3(15-18)4(16-19)5(17-20)6(13-2)14-7(12)8(9,10)11/h5-9,12-13,17-24H,10-11,36-38H2,1-4H3,(H,25,26);2-6,12H,18-20H2,1H3. The summed E-state index contributed by atoms with van der Waals surface area (Å²) in [6.45, 7) is 8.64. The Hall–Kier alpha value is 0.640. The molecule has 58 heavy (non-hydrogen) atoms. The third kappa shape index (κ3) is 14.9. The van der Waals surface area contributed by atoms with Gasteiger partial charge >= 0.3 is 5.97 Å². The number of hydrogen-bond donors (Lipinski definition) is 2. The Morgan fingerprint density at radius 2 is 1.21 bits per heavy atom. The van der Waals surface area contributed by atoms with Crippen molar-refractivity contribution in [1.29, 1.82) is 5.41 Å². The van der Waals surface area contributed by atoms with Gasteiger partial charge in [0.05, 0.1) is 37.6 Å².